The Labute approximate surface area is 281 Å². The predicted octanol–water partition coefficient (Wildman–Crippen LogP) is 1.99. The van der Waals surface area contributed by atoms with Crippen molar-refractivity contribution in [3.8, 4) is 5.75 Å². The molecule has 4 rings (SSSR count). The SMILES string of the molecule is CN(C)CCNC(=O)[C@@H]1CCC(=O)N(C)CC(=O)N2C[C@@H](NC(=O)c3cccc(C(F)(F)F)c3)C[C@H]2COc2ccc(F)cc2C(=O)N1C. The van der Waals surface area contributed by atoms with Gasteiger partial charge in [-0.3, -0.25) is 24.0 Å². The molecule has 49 heavy (non-hydrogen) atoms. The number of rotatable bonds is 6. The van der Waals surface area contributed by atoms with Crippen LogP contribution in [0.1, 0.15) is 45.5 Å². The molecule has 2 heterocycles. The Balaban J connectivity index is 1.60. The standard InChI is InChI=1S/C33H40F4N6O6/c1-40(2)13-12-38-31(47)26-9-11-28(44)41(3)18-29(45)43-17-23(39-30(46)20-6-5-7-21(14-20)33(35,36)37)16-24(43)19-49-27-10-8-22(34)15-25(27)32(48)42(26)4/h5-8,10,14-15,23-24,26H,9,11-13,16-19H2,1-4H3,(H,38,47)(H,39,46)/t23-,24-,26-/m0/s1. The normalized spacial score (nSPS) is 21.0. The lowest BCUT2D eigenvalue weighted by atomic mass is 10.1. The largest absolute Gasteiger partial charge is 0.491 e. The number of ether oxygens (including phenoxy) is 1. The third-order valence-corrected chi connectivity index (χ3v) is 8.50. The summed E-state index contributed by atoms with van der Waals surface area (Å²) in [7, 11) is 6.45. The van der Waals surface area contributed by atoms with Crippen LogP contribution in [0.3, 0.4) is 0 Å². The molecule has 2 aromatic carbocycles. The first-order valence-electron chi connectivity index (χ1n) is 15.7. The summed E-state index contributed by atoms with van der Waals surface area (Å²) in [5, 5.41) is 5.45. The summed E-state index contributed by atoms with van der Waals surface area (Å²) in [4.78, 5) is 72.2. The van der Waals surface area contributed by atoms with Gasteiger partial charge in [0.05, 0.1) is 23.7 Å². The number of nitrogens with one attached hydrogen (secondary N) is 2. The van der Waals surface area contributed by atoms with Crippen molar-refractivity contribution in [2.45, 2.75) is 43.6 Å². The zero-order valence-electron chi connectivity index (χ0n) is 27.7. The van der Waals surface area contributed by atoms with Crippen molar-refractivity contribution in [1.29, 1.82) is 0 Å². The maximum Gasteiger partial charge on any atom is 0.416 e. The van der Waals surface area contributed by atoms with Crippen LogP contribution < -0.4 is 15.4 Å². The van der Waals surface area contributed by atoms with E-state index in [1.165, 1.54) is 36.0 Å². The van der Waals surface area contributed by atoms with Crippen molar-refractivity contribution < 1.29 is 46.3 Å². The molecular weight excluding hydrogens is 652 g/mol. The molecule has 1 saturated heterocycles. The second-order valence-corrected chi connectivity index (χ2v) is 12.5. The Morgan fingerprint density at radius 1 is 1.04 bits per heavy atom. The maximum atomic E-state index is 14.5. The number of halogens is 4. The van der Waals surface area contributed by atoms with Gasteiger partial charge in [-0.25, -0.2) is 4.39 Å². The van der Waals surface area contributed by atoms with Gasteiger partial charge in [0.1, 0.15) is 24.2 Å². The summed E-state index contributed by atoms with van der Waals surface area (Å²) in [5.41, 5.74) is -1.38. The molecule has 0 bridgehead atoms. The number of amides is 5. The average molecular weight is 693 g/mol. The van der Waals surface area contributed by atoms with E-state index in [1.54, 1.807) is 0 Å². The summed E-state index contributed by atoms with van der Waals surface area (Å²) in [6.07, 6.45) is -4.80. The first kappa shape index (κ1) is 37.1. The second kappa shape index (κ2) is 15.7. The number of hydrogen-bond donors (Lipinski definition) is 2. The molecule has 2 aliphatic rings. The molecule has 0 unspecified atom stereocenters. The highest BCUT2D eigenvalue weighted by Gasteiger charge is 2.39. The Bertz CT molecular complexity index is 1570. The highest BCUT2D eigenvalue weighted by Crippen LogP contribution is 2.30. The predicted molar refractivity (Wildman–Crippen MR) is 169 cm³/mol. The lowest BCUT2D eigenvalue weighted by molar-refractivity contribution is -0.140. The summed E-state index contributed by atoms with van der Waals surface area (Å²) < 4.78 is 60.2. The van der Waals surface area contributed by atoms with Crippen molar-refractivity contribution in [2.75, 3.05) is 61.0 Å². The van der Waals surface area contributed by atoms with Crippen LogP contribution in [-0.2, 0) is 20.6 Å². The number of fused-ring (bicyclic) bond motifs is 2. The average Bonchev–Trinajstić information content (AvgIpc) is 3.45. The summed E-state index contributed by atoms with van der Waals surface area (Å²) >= 11 is 0. The van der Waals surface area contributed by atoms with E-state index >= 15 is 0 Å². The van der Waals surface area contributed by atoms with E-state index in [9.17, 15) is 41.5 Å². The monoisotopic (exact) mass is 692 g/mol. The third-order valence-electron chi connectivity index (χ3n) is 8.50. The van der Waals surface area contributed by atoms with Gasteiger partial charge in [-0.2, -0.15) is 13.2 Å². The van der Waals surface area contributed by atoms with Crippen LogP contribution in [0, 0.1) is 5.82 Å². The van der Waals surface area contributed by atoms with Gasteiger partial charge in [0.15, 0.2) is 0 Å². The fraction of sp³-hybridized carbons (Fsp3) is 0.485. The van der Waals surface area contributed by atoms with Gasteiger partial charge in [-0.05, 0) is 63.3 Å². The van der Waals surface area contributed by atoms with Crippen LogP contribution in [-0.4, -0.2) is 128 Å². The molecule has 0 saturated carbocycles. The molecule has 0 spiro atoms. The number of benzene rings is 2. The molecule has 2 aliphatic heterocycles. The molecule has 0 aromatic heterocycles. The number of nitrogens with zero attached hydrogens (tertiary/aromatic N) is 4. The quantitative estimate of drug-likeness (QED) is 0.443. The zero-order chi connectivity index (χ0) is 36.0. The number of alkyl halides is 3. The van der Waals surface area contributed by atoms with Crippen LogP contribution >= 0.6 is 0 Å². The van der Waals surface area contributed by atoms with Crippen LogP contribution in [0.5, 0.6) is 5.75 Å². The number of likely N-dealkylation sites (N-methyl/N-ethyl adjacent to an activating group) is 3. The highest BCUT2D eigenvalue weighted by atomic mass is 19.4. The second-order valence-electron chi connectivity index (χ2n) is 12.5. The zero-order valence-corrected chi connectivity index (χ0v) is 27.7. The van der Waals surface area contributed by atoms with Gasteiger partial charge >= 0.3 is 6.18 Å². The lowest BCUT2D eigenvalue weighted by Crippen LogP contribution is -2.49. The molecule has 1 fully saturated rings. The highest BCUT2D eigenvalue weighted by molar-refractivity contribution is 6.00. The van der Waals surface area contributed by atoms with Gasteiger partial charge in [0, 0.05) is 51.8 Å². The van der Waals surface area contributed by atoms with Crippen LogP contribution in [0.2, 0.25) is 0 Å². The van der Waals surface area contributed by atoms with E-state index in [0.29, 0.717) is 6.54 Å². The fourth-order valence-electron chi connectivity index (χ4n) is 5.76. The van der Waals surface area contributed by atoms with E-state index < -0.39 is 65.2 Å². The number of carbonyl (C=O) groups is 5. The topological polar surface area (TPSA) is 132 Å². The van der Waals surface area contributed by atoms with E-state index in [0.717, 1.165) is 35.2 Å². The molecule has 3 atom stereocenters. The first-order chi connectivity index (χ1) is 23.0. The van der Waals surface area contributed by atoms with Crippen LogP contribution in [0.4, 0.5) is 17.6 Å². The van der Waals surface area contributed by atoms with Gasteiger partial charge < -0.3 is 35.0 Å². The van der Waals surface area contributed by atoms with Gasteiger partial charge in [-0.15, -0.1) is 0 Å². The first-order valence-corrected chi connectivity index (χ1v) is 15.7. The van der Waals surface area contributed by atoms with E-state index in [4.69, 9.17) is 4.74 Å². The summed E-state index contributed by atoms with van der Waals surface area (Å²) in [6, 6.07) is 4.79. The Kier molecular flexibility index (Phi) is 11.9. The molecule has 2 N–H and O–H groups in total. The van der Waals surface area contributed by atoms with E-state index in [1.807, 2.05) is 19.0 Å². The van der Waals surface area contributed by atoms with Crippen molar-refractivity contribution >= 4 is 29.5 Å². The van der Waals surface area contributed by atoms with E-state index in [2.05, 4.69) is 10.6 Å². The molecule has 5 amide bonds. The van der Waals surface area contributed by atoms with Crippen molar-refractivity contribution in [2.24, 2.45) is 0 Å². The minimum atomic E-state index is -4.64. The summed E-state index contributed by atoms with van der Waals surface area (Å²) in [5.74, 6) is -3.72. The lowest BCUT2D eigenvalue weighted by Gasteiger charge is -2.28. The van der Waals surface area contributed by atoms with Gasteiger partial charge in [0.2, 0.25) is 17.7 Å². The third kappa shape index (κ3) is 9.46. The number of hydrogen-bond acceptors (Lipinski definition) is 7. The molecule has 266 valence electrons. The minimum absolute atomic E-state index is 0.0167. The van der Waals surface area contributed by atoms with Crippen LogP contribution in [0.25, 0.3) is 0 Å². The summed E-state index contributed by atoms with van der Waals surface area (Å²) in [6.45, 7) is 0.213. The Morgan fingerprint density at radius 3 is 2.47 bits per heavy atom. The molecule has 0 aliphatic carbocycles. The minimum Gasteiger partial charge on any atom is -0.491 e. The fourth-order valence-corrected chi connectivity index (χ4v) is 5.76. The Morgan fingerprint density at radius 2 is 1.78 bits per heavy atom. The van der Waals surface area contributed by atoms with E-state index in [-0.39, 0.29) is 62.4 Å². The molecule has 16 heteroatoms. The molecular formula is C33H40F4N6O6. The smallest absolute Gasteiger partial charge is 0.416 e. The van der Waals surface area contributed by atoms with Crippen molar-refractivity contribution in [1.82, 2.24) is 30.2 Å². The van der Waals surface area contributed by atoms with Crippen molar-refractivity contribution in [3.05, 3.63) is 65.0 Å². The van der Waals surface area contributed by atoms with Crippen LogP contribution in [0.15, 0.2) is 42.5 Å². The molecule has 0 radical (unpaired) electrons. The maximum absolute atomic E-state index is 14.5. The Hall–Kier alpha value is -4.73. The molecule has 12 nitrogen and oxygen atoms in total. The van der Waals surface area contributed by atoms with Gasteiger partial charge in [-0.1, -0.05) is 6.07 Å². The van der Waals surface area contributed by atoms with Crippen molar-refractivity contribution in [3.63, 3.8) is 0 Å². The molecule has 2 aromatic rings. The number of carbonyl (C=O) groups excluding carboxylic acids is 5. The van der Waals surface area contributed by atoms with Gasteiger partial charge in [0.25, 0.3) is 11.8 Å².